The normalized spacial score (nSPS) is 52.2. The van der Waals surface area contributed by atoms with Crippen molar-refractivity contribution in [3.8, 4) is 0 Å². The predicted molar refractivity (Wildman–Crippen MR) is 39.7 cm³/mol. The fraction of sp³-hybridized carbons (Fsp3) is 1.00. The molecule has 0 aromatic carbocycles. The fourth-order valence-electron chi connectivity index (χ4n) is 2.67. The van der Waals surface area contributed by atoms with Crippen LogP contribution >= 0.6 is 0 Å². The van der Waals surface area contributed by atoms with Gasteiger partial charge in [0.15, 0.2) is 0 Å². The molecule has 2 aliphatic carbocycles. The summed E-state index contributed by atoms with van der Waals surface area (Å²) >= 11 is 0. The molecule has 2 bridgehead atoms. The van der Waals surface area contributed by atoms with Crippen LogP contribution in [0.25, 0.3) is 0 Å². The first-order valence-corrected chi connectivity index (χ1v) is 4.18. The Labute approximate surface area is 61.6 Å². The smallest absolute Gasteiger partial charge is 0.0723 e. The SMILES string of the molecule is CN[C@@H]1[C@@H]2CC[C@@H](C2)[C@H]1O. The van der Waals surface area contributed by atoms with E-state index in [2.05, 4.69) is 5.32 Å². The van der Waals surface area contributed by atoms with E-state index in [0.717, 1.165) is 5.92 Å². The molecular formula is C8H15NO. The highest BCUT2D eigenvalue weighted by atomic mass is 16.3. The standard InChI is InChI=1S/C8H15NO/c1-9-7-5-2-3-6(4-5)8(7)10/h5-10H,2-4H2,1H3/t5-,6+,7-,8-/m1/s1. The molecule has 0 amide bonds. The molecule has 0 radical (unpaired) electrons. The molecule has 10 heavy (non-hydrogen) atoms. The first kappa shape index (κ1) is 6.62. The molecule has 0 spiro atoms. The number of aliphatic hydroxyl groups excluding tert-OH is 1. The van der Waals surface area contributed by atoms with Crippen LogP contribution in [0, 0.1) is 11.8 Å². The molecule has 2 heteroatoms. The van der Waals surface area contributed by atoms with Crippen LogP contribution in [0.1, 0.15) is 19.3 Å². The Bertz CT molecular complexity index is 135. The summed E-state index contributed by atoms with van der Waals surface area (Å²) in [5.41, 5.74) is 0. The first-order chi connectivity index (χ1) is 4.83. The number of hydrogen-bond donors (Lipinski definition) is 2. The minimum absolute atomic E-state index is 0.0521. The first-order valence-electron chi connectivity index (χ1n) is 4.18. The molecule has 58 valence electrons. The van der Waals surface area contributed by atoms with Crippen LogP contribution in [0.3, 0.4) is 0 Å². The van der Waals surface area contributed by atoms with E-state index in [1.165, 1.54) is 19.3 Å². The monoisotopic (exact) mass is 141 g/mol. The van der Waals surface area contributed by atoms with Crippen molar-refractivity contribution >= 4 is 0 Å². The van der Waals surface area contributed by atoms with Crippen LogP contribution in [0.15, 0.2) is 0 Å². The average molecular weight is 141 g/mol. The van der Waals surface area contributed by atoms with Crippen molar-refractivity contribution in [2.24, 2.45) is 11.8 Å². The van der Waals surface area contributed by atoms with Crippen molar-refractivity contribution in [1.82, 2.24) is 5.32 Å². The highest BCUT2D eigenvalue weighted by Gasteiger charge is 2.45. The molecule has 0 heterocycles. The zero-order valence-electron chi connectivity index (χ0n) is 6.38. The van der Waals surface area contributed by atoms with Gasteiger partial charge in [-0.15, -0.1) is 0 Å². The summed E-state index contributed by atoms with van der Waals surface area (Å²) in [6, 6.07) is 0.402. The van der Waals surface area contributed by atoms with Crippen molar-refractivity contribution in [3.05, 3.63) is 0 Å². The maximum Gasteiger partial charge on any atom is 0.0723 e. The third kappa shape index (κ3) is 0.722. The van der Waals surface area contributed by atoms with Gasteiger partial charge >= 0.3 is 0 Å². The Morgan fingerprint density at radius 2 is 2.00 bits per heavy atom. The van der Waals surface area contributed by atoms with E-state index >= 15 is 0 Å². The van der Waals surface area contributed by atoms with Gasteiger partial charge in [0.25, 0.3) is 0 Å². The zero-order valence-corrected chi connectivity index (χ0v) is 6.38. The highest BCUT2D eigenvalue weighted by molar-refractivity contribution is 5.00. The summed E-state index contributed by atoms with van der Waals surface area (Å²) in [6.45, 7) is 0. The van der Waals surface area contributed by atoms with Crippen LogP contribution < -0.4 is 5.32 Å². The zero-order chi connectivity index (χ0) is 7.14. The molecule has 2 fully saturated rings. The lowest BCUT2D eigenvalue weighted by Crippen LogP contribution is -2.42. The van der Waals surface area contributed by atoms with Crippen molar-refractivity contribution < 1.29 is 5.11 Å². The Kier molecular flexibility index (Phi) is 1.46. The van der Waals surface area contributed by atoms with Crippen LogP contribution in [0.5, 0.6) is 0 Å². The molecule has 0 unspecified atom stereocenters. The van der Waals surface area contributed by atoms with Crippen LogP contribution in [-0.4, -0.2) is 24.3 Å². The van der Waals surface area contributed by atoms with Gasteiger partial charge in [-0.25, -0.2) is 0 Å². The second kappa shape index (κ2) is 2.21. The third-order valence-electron chi connectivity index (χ3n) is 3.21. The molecule has 0 aromatic rings. The minimum Gasteiger partial charge on any atom is -0.391 e. The van der Waals surface area contributed by atoms with E-state index in [9.17, 15) is 5.11 Å². The van der Waals surface area contributed by atoms with Gasteiger partial charge in [-0.2, -0.15) is 0 Å². The van der Waals surface area contributed by atoms with Gasteiger partial charge in [-0.05, 0) is 38.1 Å². The topological polar surface area (TPSA) is 32.3 Å². The lowest BCUT2D eigenvalue weighted by atomic mass is 9.93. The number of fused-ring (bicyclic) bond motifs is 2. The van der Waals surface area contributed by atoms with Crippen molar-refractivity contribution in [3.63, 3.8) is 0 Å². The summed E-state index contributed by atoms with van der Waals surface area (Å²) in [5.74, 6) is 1.38. The molecule has 4 atom stereocenters. The predicted octanol–water partition coefficient (Wildman–Crippen LogP) is 0.365. The van der Waals surface area contributed by atoms with Crippen LogP contribution in [0.2, 0.25) is 0 Å². The molecule has 0 aromatic heterocycles. The number of aliphatic hydroxyl groups is 1. The Balaban J connectivity index is 2.10. The number of rotatable bonds is 1. The maximum atomic E-state index is 9.62. The van der Waals surface area contributed by atoms with Gasteiger partial charge in [0.05, 0.1) is 6.10 Å². The molecule has 0 saturated heterocycles. The van der Waals surface area contributed by atoms with E-state index in [4.69, 9.17) is 0 Å². The Morgan fingerprint density at radius 1 is 1.30 bits per heavy atom. The summed E-state index contributed by atoms with van der Waals surface area (Å²) in [6.07, 6.45) is 3.79. The number of likely N-dealkylation sites (N-methyl/N-ethyl adjacent to an activating group) is 1. The quantitative estimate of drug-likeness (QED) is 0.553. The molecule has 2 saturated carbocycles. The average Bonchev–Trinajstić information content (AvgIpc) is 2.46. The number of nitrogens with one attached hydrogen (secondary N) is 1. The number of hydrogen-bond acceptors (Lipinski definition) is 2. The second-order valence-corrected chi connectivity index (χ2v) is 3.64. The fourth-order valence-corrected chi connectivity index (χ4v) is 2.67. The molecule has 2 aliphatic rings. The molecule has 0 aliphatic heterocycles. The Morgan fingerprint density at radius 3 is 2.40 bits per heavy atom. The van der Waals surface area contributed by atoms with Crippen LogP contribution in [0.4, 0.5) is 0 Å². The molecule has 2 rings (SSSR count). The summed E-state index contributed by atoms with van der Waals surface area (Å²) in [7, 11) is 1.95. The van der Waals surface area contributed by atoms with E-state index in [0.29, 0.717) is 12.0 Å². The van der Waals surface area contributed by atoms with E-state index in [1.807, 2.05) is 7.05 Å². The van der Waals surface area contributed by atoms with E-state index < -0.39 is 0 Å². The van der Waals surface area contributed by atoms with E-state index in [-0.39, 0.29) is 6.10 Å². The summed E-state index contributed by atoms with van der Waals surface area (Å²) < 4.78 is 0. The summed E-state index contributed by atoms with van der Waals surface area (Å²) in [4.78, 5) is 0. The largest absolute Gasteiger partial charge is 0.391 e. The van der Waals surface area contributed by atoms with Gasteiger partial charge in [0.2, 0.25) is 0 Å². The molecule has 2 nitrogen and oxygen atoms in total. The van der Waals surface area contributed by atoms with Gasteiger partial charge in [0.1, 0.15) is 0 Å². The maximum absolute atomic E-state index is 9.62. The van der Waals surface area contributed by atoms with Crippen molar-refractivity contribution in [2.45, 2.75) is 31.4 Å². The van der Waals surface area contributed by atoms with Gasteiger partial charge in [-0.3, -0.25) is 0 Å². The van der Waals surface area contributed by atoms with E-state index in [1.54, 1.807) is 0 Å². The van der Waals surface area contributed by atoms with Gasteiger partial charge in [0, 0.05) is 6.04 Å². The van der Waals surface area contributed by atoms with Crippen molar-refractivity contribution in [1.29, 1.82) is 0 Å². The lowest BCUT2D eigenvalue weighted by molar-refractivity contribution is 0.0824. The van der Waals surface area contributed by atoms with Gasteiger partial charge < -0.3 is 10.4 Å². The second-order valence-electron chi connectivity index (χ2n) is 3.64. The van der Waals surface area contributed by atoms with Crippen LogP contribution in [-0.2, 0) is 0 Å². The van der Waals surface area contributed by atoms with Gasteiger partial charge in [-0.1, -0.05) is 0 Å². The summed E-state index contributed by atoms with van der Waals surface area (Å²) in [5, 5.41) is 12.8. The lowest BCUT2D eigenvalue weighted by Gasteiger charge is -2.26. The minimum atomic E-state index is -0.0521. The third-order valence-corrected chi connectivity index (χ3v) is 3.21. The Hall–Kier alpha value is -0.0800. The van der Waals surface area contributed by atoms with Crippen molar-refractivity contribution in [2.75, 3.05) is 7.05 Å². The molecule has 2 N–H and O–H groups in total. The highest BCUT2D eigenvalue weighted by Crippen LogP contribution is 2.44. The molecular weight excluding hydrogens is 126 g/mol.